The average Bonchev–Trinajstić information content (AvgIpc) is 2.55. The summed E-state index contributed by atoms with van der Waals surface area (Å²) in [4.78, 5) is 0. The van der Waals surface area contributed by atoms with Gasteiger partial charge in [0.25, 0.3) is 0 Å². The van der Waals surface area contributed by atoms with E-state index < -0.39 is 0 Å². The van der Waals surface area contributed by atoms with Crippen molar-refractivity contribution in [2.75, 3.05) is 19.8 Å². The predicted octanol–water partition coefficient (Wildman–Crippen LogP) is 4.31. The van der Waals surface area contributed by atoms with Crippen molar-refractivity contribution in [3.63, 3.8) is 0 Å². The Bertz CT molecular complexity index is 650. The molecule has 0 aliphatic rings. The molecule has 0 fully saturated rings. The molecule has 124 valence electrons. The first-order chi connectivity index (χ1) is 11.2. The lowest BCUT2D eigenvalue weighted by Gasteiger charge is -2.15. The second-order valence-corrected chi connectivity index (χ2v) is 5.48. The monoisotopic (exact) mass is 355 g/mol. The fourth-order valence-electron chi connectivity index (χ4n) is 2.00. The molecule has 4 nitrogen and oxygen atoms in total. The number of hydrogen-bond acceptors (Lipinski definition) is 4. The maximum Gasteiger partial charge on any atom is 0.179 e. The fourth-order valence-corrected chi connectivity index (χ4v) is 2.48. The van der Waals surface area contributed by atoms with Crippen molar-refractivity contribution < 1.29 is 14.2 Å². The van der Waals surface area contributed by atoms with Crippen molar-refractivity contribution >= 4 is 23.2 Å². The lowest BCUT2D eigenvalue weighted by Crippen LogP contribution is -2.11. The summed E-state index contributed by atoms with van der Waals surface area (Å²) in [6.45, 7) is 3.44. The van der Waals surface area contributed by atoms with Crippen molar-refractivity contribution in [1.82, 2.24) is 0 Å². The van der Waals surface area contributed by atoms with E-state index in [1.165, 1.54) is 0 Å². The van der Waals surface area contributed by atoms with E-state index in [0.717, 1.165) is 5.56 Å². The van der Waals surface area contributed by atoms with Gasteiger partial charge >= 0.3 is 0 Å². The molecule has 2 aromatic rings. The number of hydrogen-bond donors (Lipinski definition) is 1. The third-order valence-corrected chi connectivity index (χ3v) is 3.62. The van der Waals surface area contributed by atoms with Crippen LogP contribution in [0.15, 0.2) is 36.4 Å². The van der Waals surface area contributed by atoms with Gasteiger partial charge in [0.1, 0.15) is 19.0 Å². The minimum absolute atomic E-state index is 0.312. The fraction of sp³-hybridized carbons (Fsp3) is 0.294. The van der Waals surface area contributed by atoms with E-state index in [9.17, 15) is 0 Å². The number of benzene rings is 2. The summed E-state index contributed by atoms with van der Waals surface area (Å²) in [5.41, 5.74) is 6.53. The third-order valence-electron chi connectivity index (χ3n) is 3.03. The molecule has 0 aromatic heterocycles. The second-order valence-electron chi connectivity index (χ2n) is 4.67. The highest BCUT2D eigenvalue weighted by atomic mass is 35.5. The first-order valence-corrected chi connectivity index (χ1v) is 8.06. The molecule has 0 heterocycles. The Morgan fingerprint density at radius 3 is 2.35 bits per heavy atom. The summed E-state index contributed by atoms with van der Waals surface area (Å²) in [7, 11) is 0. The molecule has 0 unspecified atom stereocenters. The molecular formula is C17H19Cl2NO3. The zero-order chi connectivity index (χ0) is 16.7. The van der Waals surface area contributed by atoms with Crippen molar-refractivity contribution in [3.8, 4) is 17.2 Å². The van der Waals surface area contributed by atoms with Gasteiger partial charge in [-0.15, -0.1) is 0 Å². The number of ether oxygens (including phenoxy) is 3. The zero-order valence-corrected chi connectivity index (χ0v) is 14.4. The maximum absolute atomic E-state index is 6.25. The Kier molecular flexibility index (Phi) is 6.84. The lowest BCUT2D eigenvalue weighted by atomic mass is 10.2. The quantitative estimate of drug-likeness (QED) is 0.716. The number of halogens is 2. The van der Waals surface area contributed by atoms with Crippen LogP contribution >= 0.6 is 23.2 Å². The van der Waals surface area contributed by atoms with Crippen molar-refractivity contribution in [2.24, 2.45) is 5.73 Å². The molecule has 2 N–H and O–H groups in total. The number of para-hydroxylation sites is 1. The molecule has 6 heteroatoms. The maximum atomic E-state index is 6.25. The van der Waals surface area contributed by atoms with Crippen LogP contribution in [0, 0.1) is 0 Å². The van der Waals surface area contributed by atoms with Crippen LogP contribution in [0.5, 0.6) is 17.2 Å². The van der Waals surface area contributed by atoms with Gasteiger partial charge in [-0.3, -0.25) is 0 Å². The highest BCUT2D eigenvalue weighted by molar-refractivity contribution is 6.32. The largest absolute Gasteiger partial charge is 0.490 e. The van der Waals surface area contributed by atoms with E-state index in [0.29, 0.717) is 53.7 Å². The summed E-state index contributed by atoms with van der Waals surface area (Å²) < 4.78 is 16.9. The van der Waals surface area contributed by atoms with Crippen LogP contribution in [0.2, 0.25) is 10.0 Å². The van der Waals surface area contributed by atoms with Crippen molar-refractivity contribution in [1.29, 1.82) is 0 Å². The molecule has 2 rings (SSSR count). The van der Waals surface area contributed by atoms with Crippen molar-refractivity contribution in [2.45, 2.75) is 13.5 Å². The average molecular weight is 356 g/mol. The van der Waals surface area contributed by atoms with Gasteiger partial charge in [0.2, 0.25) is 0 Å². The number of rotatable bonds is 8. The van der Waals surface area contributed by atoms with Gasteiger partial charge in [0.05, 0.1) is 16.7 Å². The van der Waals surface area contributed by atoms with E-state index in [-0.39, 0.29) is 0 Å². The highest BCUT2D eigenvalue weighted by Crippen LogP contribution is 2.36. The van der Waals surface area contributed by atoms with Crippen LogP contribution in [-0.4, -0.2) is 19.8 Å². The van der Waals surface area contributed by atoms with E-state index in [2.05, 4.69) is 0 Å². The van der Waals surface area contributed by atoms with Gasteiger partial charge in [0, 0.05) is 6.54 Å². The SMILES string of the molecule is CCOc1cc(CN)cc(Cl)c1OCCOc1ccccc1Cl. The van der Waals surface area contributed by atoms with Gasteiger partial charge in [-0.25, -0.2) is 0 Å². The lowest BCUT2D eigenvalue weighted by molar-refractivity contribution is 0.208. The standard InChI is InChI=1S/C17H19Cl2NO3/c1-2-21-16-10-12(11-20)9-14(19)17(16)23-8-7-22-15-6-4-3-5-13(15)18/h3-6,9-10H,2,7-8,11,20H2,1H3. The van der Waals surface area contributed by atoms with Gasteiger partial charge in [-0.2, -0.15) is 0 Å². The topological polar surface area (TPSA) is 53.7 Å². The molecule has 0 atom stereocenters. The summed E-state index contributed by atoms with van der Waals surface area (Å²) in [5.74, 6) is 1.69. The predicted molar refractivity (Wildman–Crippen MR) is 93.0 cm³/mol. The first-order valence-electron chi connectivity index (χ1n) is 7.31. The Hall–Kier alpha value is -1.62. The summed E-state index contributed by atoms with van der Waals surface area (Å²) in [6.07, 6.45) is 0. The minimum atomic E-state index is 0.312. The molecular weight excluding hydrogens is 337 g/mol. The van der Waals surface area contributed by atoms with Crippen LogP contribution in [-0.2, 0) is 6.54 Å². The molecule has 2 aromatic carbocycles. The van der Waals surface area contributed by atoms with E-state index >= 15 is 0 Å². The van der Waals surface area contributed by atoms with Gasteiger partial charge in [-0.05, 0) is 36.8 Å². The van der Waals surface area contributed by atoms with Gasteiger partial charge in [-0.1, -0.05) is 35.3 Å². The van der Waals surface area contributed by atoms with Crippen LogP contribution in [0.3, 0.4) is 0 Å². The van der Waals surface area contributed by atoms with E-state index in [1.807, 2.05) is 25.1 Å². The molecule has 23 heavy (non-hydrogen) atoms. The van der Waals surface area contributed by atoms with Crippen LogP contribution in [0.25, 0.3) is 0 Å². The molecule has 0 saturated carbocycles. The first kappa shape index (κ1) is 17.7. The molecule has 0 radical (unpaired) electrons. The van der Waals surface area contributed by atoms with Crippen molar-refractivity contribution in [3.05, 3.63) is 52.0 Å². The van der Waals surface area contributed by atoms with E-state index in [1.54, 1.807) is 18.2 Å². The zero-order valence-electron chi connectivity index (χ0n) is 12.9. The van der Waals surface area contributed by atoms with Crippen LogP contribution in [0.1, 0.15) is 12.5 Å². The number of nitrogens with two attached hydrogens (primary N) is 1. The Labute approximate surface area is 146 Å². The molecule has 0 aliphatic heterocycles. The Morgan fingerprint density at radius 2 is 1.65 bits per heavy atom. The smallest absolute Gasteiger partial charge is 0.179 e. The normalized spacial score (nSPS) is 10.4. The molecule has 0 bridgehead atoms. The summed E-state index contributed by atoms with van der Waals surface area (Å²) in [6, 6.07) is 10.9. The highest BCUT2D eigenvalue weighted by Gasteiger charge is 2.12. The van der Waals surface area contributed by atoms with Crippen LogP contribution < -0.4 is 19.9 Å². The van der Waals surface area contributed by atoms with Gasteiger partial charge in [0.15, 0.2) is 11.5 Å². The Balaban J connectivity index is 1.98. The molecule has 0 aliphatic carbocycles. The Morgan fingerprint density at radius 1 is 0.913 bits per heavy atom. The molecule has 0 spiro atoms. The minimum Gasteiger partial charge on any atom is -0.490 e. The summed E-state index contributed by atoms with van der Waals surface area (Å²) >= 11 is 12.3. The van der Waals surface area contributed by atoms with Crippen LogP contribution in [0.4, 0.5) is 0 Å². The van der Waals surface area contributed by atoms with Gasteiger partial charge < -0.3 is 19.9 Å². The molecule has 0 amide bonds. The summed E-state index contributed by atoms with van der Waals surface area (Å²) in [5, 5.41) is 1.03. The van der Waals surface area contributed by atoms with E-state index in [4.69, 9.17) is 43.1 Å². The molecule has 0 saturated heterocycles. The second kappa shape index (κ2) is 8.87. The third kappa shape index (κ3) is 4.93.